The second-order valence-corrected chi connectivity index (χ2v) is 13.8. The van der Waals surface area contributed by atoms with Crippen molar-refractivity contribution in [1.29, 1.82) is 0 Å². The molecule has 6 nitrogen and oxygen atoms in total. The number of fused-ring (bicyclic) bond motifs is 7. The van der Waals surface area contributed by atoms with Gasteiger partial charge in [0, 0.05) is 64.7 Å². The molecular weight excluding hydrogens is 877 g/mol. The Morgan fingerprint density at radius 1 is 0.421 bits per heavy atom. The van der Waals surface area contributed by atoms with E-state index >= 15 is 0 Å². The summed E-state index contributed by atoms with van der Waals surface area (Å²) < 4.78 is 4.63. The second kappa shape index (κ2) is 14.2. The van der Waals surface area contributed by atoms with E-state index in [-0.39, 0.29) is 20.1 Å². The molecule has 271 valence electrons. The van der Waals surface area contributed by atoms with Crippen LogP contribution in [0, 0.1) is 6.07 Å². The first kappa shape index (κ1) is 34.4. The van der Waals surface area contributed by atoms with E-state index in [0.717, 1.165) is 77.4 Å². The standard InChI is InChI=1S/C50H31N6.Ir/c1-4-15-33(16-5-1)48-52-49(34-17-6-2-7-18-34)54-50(53-48)56-45-29-26-36(35-19-14-20-37(31-35)43-24-12-13-30-51-43)32-42(45)41-28-27-40-39-23-10-11-25-44(39)55(46(40)47(41)56)38-21-8-3-9-22-38;/h1-19,21-32H;/q-1;. The SMILES string of the molecule is [Ir].[c-]1ccc(-c2ccc3c(c2)c2ccc4c5ccccc5n(-c5ccccc5)c4c2n3-c2nc(-c3ccccc3)nc(-c3ccccc3)n2)cc1-c1ccccn1. The molecule has 4 aromatic heterocycles. The Labute approximate surface area is 342 Å². The summed E-state index contributed by atoms with van der Waals surface area (Å²) in [5, 5.41) is 4.53. The Hall–Kier alpha value is -7.05. The number of nitrogens with zero attached hydrogens (tertiary/aromatic N) is 6. The molecule has 0 aliphatic carbocycles. The zero-order valence-corrected chi connectivity index (χ0v) is 32.8. The van der Waals surface area contributed by atoms with Gasteiger partial charge in [0.05, 0.1) is 22.1 Å². The minimum atomic E-state index is 0. The van der Waals surface area contributed by atoms with Gasteiger partial charge in [-0.2, -0.15) is 9.97 Å². The summed E-state index contributed by atoms with van der Waals surface area (Å²) in [5.74, 6) is 1.77. The molecule has 0 spiro atoms. The number of hydrogen-bond acceptors (Lipinski definition) is 4. The van der Waals surface area contributed by atoms with Gasteiger partial charge in [-0.15, -0.1) is 35.4 Å². The van der Waals surface area contributed by atoms with E-state index in [2.05, 4.69) is 117 Å². The largest absolute Gasteiger partial charge is 0.307 e. The van der Waals surface area contributed by atoms with Gasteiger partial charge in [-0.25, -0.2) is 4.98 Å². The predicted molar refractivity (Wildman–Crippen MR) is 227 cm³/mol. The summed E-state index contributed by atoms with van der Waals surface area (Å²) in [6.07, 6.45) is 1.82. The van der Waals surface area contributed by atoms with Gasteiger partial charge in [0.25, 0.3) is 0 Å². The minimum Gasteiger partial charge on any atom is -0.307 e. The van der Waals surface area contributed by atoms with E-state index in [1.165, 1.54) is 5.39 Å². The molecule has 0 N–H and O–H groups in total. The molecule has 0 saturated carbocycles. The van der Waals surface area contributed by atoms with E-state index < -0.39 is 0 Å². The molecule has 0 atom stereocenters. The Kier molecular flexibility index (Phi) is 8.59. The first-order valence-electron chi connectivity index (χ1n) is 18.6. The van der Waals surface area contributed by atoms with Crippen LogP contribution in [0.3, 0.4) is 0 Å². The normalized spacial score (nSPS) is 11.4. The topological polar surface area (TPSA) is 61.4 Å². The van der Waals surface area contributed by atoms with Crippen LogP contribution >= 0.6 is 0 Å². The van der Waals surface area contributed by atoms with Crippen LogP contribution in [0.4, 0.5) is 0 Å². The quantitative estimate of drug-likeness (QED) is 0.156. The number of aromatic nitrogens is 6. The van der Waals surface area contributed by atoms with Crippen molar-refractivity contribution < 1.29 is 20.1 Å². The Morgan fingerprint density at radius 3 is 1.72 bits per heavy atom. The molecule has 57 heavy (non-hydrogen) atoms. The summed E-state index contributed by atoms with van der Waals surface area (Å²) in [5.41, 5.74) is 11.2. The van der Waals surface area contributed by atoms with Crippen molar-refractivity contribution in [2.45, 2.75) is 0 Å². The molecule has 0 amide bonds. The van der Waals surface area contributed by atoms with Crippen LogP contribution in [-0.4, -0.2) is 29.1 Å². The van der Waals surface area contributed by atoms with E-state index in [1.54, 1.807) is 0 Å². The number of para-hydroxylation sites is 2. The maximum Gasteiger partial charge on any atom is 0.238 e. The number of hydrogen-bond donors (Lipinski definition) is 0. The van der Waals surface area contributed by atoms with E-state index in [4.69, 9.17) is 15.0 Å². The Morgan fingerprint density at radius 2 is 1.02 bits per heavy atom. The molecule has 0 aliphatic heterocycles. The van der Waals surface area contributed by atoms with Gasteiger partial charge in [-0.1, -0.05) is 127 Å². The fourth-order valence-corrected chi connectivity index (χ4v) is 8.00. The van der Waals surface area contributed by atoms with Gasteiger partial charge in [0.15, 0.2) is 11.6 Å². The summed E-state index contributed by atoms with van der Waals surface area (Å²) in [6, 6.07) is 66.4. The first-order valence-corrected chi connectivity index (χ1v) is 18.6. The Balaban J connectivity index is 0.00000396. The van der Waals surface area contributed by atoms with E-state index in [1.807, 2.05) is 91.1 Å². The van der Waals surface area contributed by atoms with Crippen LogP contribution < -0.4 is 0 Å². The molecule has 4 heterocycles. The van der Waals surface area contributed by atoms with Gasteiger partial charge in [-0.05, 0) is 47.7 Å². The number of benzene rings is 7. The number of rotatable bonds is 6. The molecule has 11 aromatic rings. The van der Waals surface area contributed by atoms with E-state index in [9.17, 15) is 0 Å². The smallest absolute Gasteiger partial charge is 0.238 e. The van der Waals surface area contributed by atoms with Crippen LogP contribution in [0.1, 0.15) is 0 Å². The van der Waals surface area contributed by atoms with Crippen LogP contribution in [0.25, 0.3) is 100 Å². The van der Waals surface area contributed by atoms with Crippen molar-refractivity contribution in [3.8, 4) is 56.8 Å². The van der Waals surface area contributed by atoms with Crippen LogP contribution in [-0.2, 0) is 20.1 Å². The third kappa shape index (κ3) is 5.84. The van der Waals surface area contributed by atoms with Crippen molar-refractivity contribution in [2.75, 3.05) is 0 Å². The van der Waals surface area contributed by atoms with Gasteiger partial charge < -0.3 is 9.55 Å². The van der Waals surface area contributed by atoms with Crippen LogP contribution in [0.2, 0.25) is 0 Å². The zero-order chi connectivity index (χ0) is 37.0. The predicted octanol–water partition coefficient (Wildman–Crippen LogP) is 11.9. The molecule has 11 rings (SSSR count). The average molecular weight is 908 g/mol. The zero-order valence-electron chi connectivity index (χ0n) is 30.4. The van der Waals surface area contributed by atoms with Crippen molar-refractivity contribution in [1.82, 2.24) is 29.1 Å². The molecule has 0 bridgehead atoms. The maximum absolute atomic E-state index is 5.28. The van der Waals surface area contributed by atoms with Crippen LogP contribution in [0.5, 0.6) is 0 Å². The molecule has 7 aromatic carbocycles. The molecule has 0 saturated heterocycles. The molecule has 7 heteroatoms. The van der Waals surface area contributed by atoms with Gasteiger partial charge in [0.1, 0.15) is 0 Å². The van der Waals surface area contributed by atoms with Crippen molar-refractivity contribution in [3.63, 3.8) is 0 Å². The van der Waals surface area contributed by atoms with Crippen LogP contribution in [0.15, 0.2) is 188 Å². The monoisotopic (exact) mass is 908 g/mol. The fourth-order valence-electron chi connectivity index (χ4n) is 8.00. The summed E-state index contributed by atoms with van der Waals surface area (Å²) >= 11 is 0. The summed E-state index contributed by atoms with van der Waals surface area (Å²) in [6.45, 7) is 0. The van der Waals surface area contributed by atoms with Crippen molar-refractivity contribution >= 4 is 43.6 Å². The van der Waals surface area contributed by atoms with Crippen molar-refractivity contribution in [3.05, 3.63) is 194 Å². The van der Waals surface area contributed by atoms with Gasteiger partial charge in [-0.3, -0.25) is 4.57 Å². The molecular formula is C50H31IrN6-. The Bertz CT molecular complexity index is 3170. The number of pyridine rings is 1. The van der Waals surface area contributed by atoms with E-state index in [0.29, 0.717) is 17.6 Å². The molecule has 0 fully saturated rings. The van der Waals surface area contributed by atoms with Gasteiger partial charge in [0.2, 0.25) is 5.95 Å². The third-order valence-corrected chi connectivity index (χ3v) is 10.5. The maximum atomic E-state index is 5.28. The van der Waals surface area contributed by atoms with Crippen molar-refractivity contribution in [2.24, 2.45) is 0 Å². The fraction of sp³-hybridized carbons (Fsp3) is 0. The third-order valence-electron chi connectivity index (χ3n) is 10.5. The minimum absolute atomic E-state index is 0. The molecule has 1 radical (unpaired) electrons. The average Bonchev–Trinajstić information content (AvgIpc) is 3.80. The molecule has 0 unspecified atom stereocenters. The molecule has 0 aliphatic rings. The second-order valence-electron chi connectivity index (χ2n) is 13.8. The summed E-state index contributed by atoms with van der Waals surface area (Å²) in [4.78, 5) is 20.2. The first-order chi connectivity index (χ1) is 27.8. The summed E-state index contributed by atoms with van der Waals surface area (Å²) in [7, 11) is 0. The van der Waals surface area contributed by atoms with Gasteiger partial charge >= 0.3 is 0 Å².